The van der Waals surface area contributed by atoms with Gasteiger partial charge in [-0.05, 0) is 30.7 Å². The molecule has 0 fully saturated rings. The Bertz CT molecular complexity index is 751. The summed E-state index contributed by atoms with van der Waals surface area (Å²) in [6.45, 7) is 3.06. The van der Waals surface area contributed by atoms with Gasteiger partial charge in [0.1, 0.15) is 13.2 Å². The minimum atomic E-state index is -0.472. The number of nitro groups is 1. The van der Waals surface area contributed by atoms with Crippen molar-refractivity contribution in [2.24, 2.45) is 0 Å². The molecular formula is C16H15ClN2O4. The van der Waals surface area contributed by atoms with E-state index in [0.717, 1.165) is 17.1 Å². The summed E-state index contributed by atoms with van der Waals surface area (Å²) in [4.78, 5) is 10.3. The fraction of sp³-hybridized carbons (Fsp3) is 0.250. The molecule has 0 radical (unpaired) electrons. The number of hydrogen-bond acceptors (Lipinski definition) is 5. The van der Waals surface area contributed by atoms with Gasteiger partial charge < -0.3 is 14.8 Å². The second-order valence-corrected chi connectivity index (χ2v) is 5.60. The van der Waals surface area contributed by atoms with Gasteiger partial charge in [0.05, 0.1) is 15.6 Å². The molecule has 1 aliphatic heterocycles. The van der Waals surface area contributed by atoms with Gasteiger partial charge in [-0.25, -0.2) is 0 Å². The highest BCUT2D eigenvalue weighted by molar-refractivity contribution is 6.33. The summed E-state index contributed by atoms with van der Waals surface area (Å²) in [5.41, 5.74) is 1.61. The molecule has 0 aliphatic carbocycles. The minimum Gasteiger partial charge on any atom is -0.486 e. The van der Waals surface area contributed by atoms with Gasteiger partial charge in [0, 0.05) is 18.2 Å². The predicted octanol–water partition coefficient (Wildman–Crippen LogP) is 4.19. The third-order valence-electron chi connectivity index (χ3n) is 3.60. The van der Waals surface area contributed by atoms with E-state index in [1.165, 1.54) is 12.1 Å². The van der Waals surface area contributed by atoms with E-state index >= 15 is 0 Å². The van der Waals surface area contributed by atoms with Crippen LogP contribution in [0, 0.1) is 10.1 Å². The average Bonchev–Trinajstić information content (AvgIpc) is 2.56. The normalized spacial score (nSPS) is 14.2. The second-order valence-electron chi connectivity index (χ2n) is 5.19. The molecular weight excluding hydrogens is 320 g/mol. The van der Waals surface area contributed by atoms with Gasteiger partial charge in [0.25, 0.3) is 5.69 Å². The van der Waals surface area contributed by atoms with Crippen molar-refractivity contribution < 1.29 is 14.4 Å². The van der Waals surface area contributed by atoms with Crippen molar-refractivity contribution in [3.05, 3.63) is 57.1 Å². The highest BCUT2D eigenvalue weighted by atomic mass is 35.5. The molecule has 1 heterocycles. The van der Waals surface area contributed by atoms with Crippen molar-refractivity contribution in [2.75, 3.05) is 18.5 Å². The minimum absolute atomic E-state index is 0.0347. The Morgan fingerprint density at radius 3 is 2.61 bits per heavy atom. The maximum atomic E-state index is 10.7. The Kier molecular flexibility index (Phi) is 4.25. The number of nitrogens with zero attached hydrogens (tertiary/aromatic N) is 1. The molecule has 1 aliphatic rings. The summed E-state index contributed by atoms with van der Waals surface area (Å²) < 4.78 is 11.1. The van der Waals surface area contributed by atoms with Gasteiger partial charge in [-0.2, -0.15) is 0 Å². The zero-order valence-electron chi connectivity index (χ0n) is 12.4. The number of hydrogen-bond donors (Lipinski definition) is 1. The van der Waals surface area contributed by atoms with E-state index in [2.05, 4.69) is 5.32 Å². The predicted molar refractivity (Wildman–Crippen MR) is 87.6 cm³/mol. The van der Waals surface area contributed by atoms with Gasteiger partial charge in [0.2, 0.25) is 0 Å². The third kappa shape index (κ3) is 3.32. The average molecular weight is 335 g/mol. The lowest BCUT2D eigenvalue weighted by molar-refractivity contribution is -0.384. The molecule has 120 valence electrons. The molecule has 3 rings (SSSR count). The molecule has 0 saturated carbocycles. The van der Waals surface area contributed by atoms with Crippen LogP contribution in [0.3, 0.4) is 0 Å². The Balaban J connectivity index is 1.79. The maximum absolute atomic E-state index is 10.7. The molecule has 2 aromatic carbocycles. The monoisotopic (exact) mass is 334 g/mol. The van der Waals surface area contributed by atoms with Crippen molar-refractivity contribution in [3.63, 3.8) is 0 Å². The largest absolute Gasteiger partial charge is 0.486 e. The zero-order valence-corrected chi connectivity index (χ0v) is 13.2. The number of benzene rings is 2. The molecule has 0 saturated heterocycles. The van der Waals surface area contributed by atoms with Gasteiger partial charge in [-0.15, -0.1) is 0 Å². The van der Waals surface area contributed by atoms with Crippen molar-refractivity contribution in [1.82, 2.24) is 0 Å². The van der Waals surface area contributed by atoms with E-state index in [1.807, 2.05) is 25.1 Å². The number of anilines is 1. The van der Waals surface area contributed by atoms with Crippen molar-refractivity contribution in [2.45, 2.75) is 13.0 Å². The van der Waals surface area contributed by atoms with Crippen LogP contribution >= 0.6 is 11.6 Å². The molecule has 2 aromatic rings. The summed E-state index contributed by atoms with van der Waals surface area (Å²) in [5, 5.41) is 14.3. The molecule has 6 nitrogen and oxygen atoms in total. The molecule has 0 unspecified atom stereocenters. The van der Waals surface area contributed by atoms with Crippen LogP contribution in [0.15, 0.2) is 36.4 Å². The van der Waals surface area contributed by atoms with Crippen LogP contribution in [0.2, 0.25) is 5.02 Å². The first-order valence-electron chi connectivity index (χ1n) is 7.14. The van der Waals surface area contributed by atoms with E-state index in [0.29, 0.717) is 23.9 Å². The van der Waals surface area contributed by atoms with Crippen molar-refractivity contribution in [1.29, 1.82) is 0 Å². The summed E-state index contributed by atoms with van der Waals surface area (Å²) in [5.74, 6) is 1.46. The Labute approximate surface area is 138 Å². The Morgan fingerprint density at radius 1 is 1.17 bits per heavy atom. The molecule has 1 atom stereocenters. The standard InChI is InChI=1S/C16H15ClN2O4/c1-10(11-2-5-15-16(8-11)23-7-6-22-15)18-14-4-3-12(19(20)21)9-13(14)17/h2-5,8-10,18H,6-7H2,1H3/t10-/m0/s1. The number of fused-ring (bicyclic) bond motifs is 1. The molecule has 1 N–H and O–H groups in total. The first-order valence-corrected chi connectivity index (χ1v) is 7.52. The van der Waals surface area contributed by atoms with Crippen LogP contribution in [-0.2, 0) is 0 Å². The van der Waals surface area contributed by atoms with Gasteiger partial charge in [-0.1, -0.05) is 17.7 Å². The topological polar surface area (TPSA) is 73.6 Å². The highest BCUT2D eigenvalue weighted by Crippen LogP contribution is 2.34. The zero-order chi connectivity index (χ0) is 16.4. The fourth-order valence-corrected chi connectivity index (χ4v) is 2.61. The van der Waals surface area contributed by atoms with Crippen LogP contribution in [-0.4, -0.2) is 18.1 Å². The number of nitrogens with one attached hydrogen (secondary N) is 1. The van der Waals surface area contributed by atoms with E-state index in [9.17, 15) is 10.1 Å². The van der Waals surface area contributed by atoms with E-state index in [4.69, 9.17) is 21.1 Å². The molecule has 7 heteroatoms. The second kappa shape index (κ2) is 6.34. The fourth-order valence-electron chi connectivity index (χ4n) is 2.38. The van der Waals surface area contributed by atoms with Crippen LogP contribution < -0.4 is 14.8 Å². The number of non-ortho nitro benzene ring substituents is 1. The van der Waals surface area contributed by atoms with Crippen LogP contribution in [0.4, 0.5) is 11.4 Å². The molecule has 0 spiro atoms. The number of halogens is 1. The number of rotatable bonds is 4. The molecule has 0 amide bonds. The quantitative estimate of drug-likeness (QED) is 0.670. The Morgan fingerprint density at radius 2 is 1.91 bits per heavy atom. The van der Waals surface area contributed by atoms with Gasteiger partial charge in [-0.3, -0.25) is 10.1 Å². The lowest BCUT2D eigenvalue weighted by Crippen LogP contribution is -2.16. The summed E-state index contributed by atoms with van der Waals surface area (Å²) in [6.07, 6.45) is 0. The summed E-state index contributed by atoms with van der Waals surface area (Å²) >= 11 is 6.11. The van der Waals surface area contributed by atoms with Crippen LogP contribution in [0.1, 0.15) is 18.5 Å². The third-order valence-corrected chi connectivity index (χ3v) is 3.91. The first-order chi connectivity index (χ1) is 11.0. The molecule has 23 heavy (non-hydrogen) atoms. The summed E-state index contributed by atoms with van der Waals surface area (Å²) in [7, 11) is 0. The molecule has 0 aromatic heterocycles. The van der Waals surface area contributed by atoms with Crippen molar-refractivity contribution >= 4 is 23.0 Å². The molecule has 0 bridgehead atoms. The highest BCUT2D eigenvalue weighted by Gasteiger charge is 2.16. The smallest absolute Gasteiger partial charge is 0.271 e. The van der Waals surface area contributed by atoms with E-state index in [-0.39, 0.29) is 11.7 Å². The van der Waals surface area contributed by atoms with E-state index < -0.39 is 4.92 Å². The Hall–Kier alpha value is -2.47. The van der Waals surface area contributed by atoms with Gasteiger partial charge in [0.15, 0.2) is 11.5 Å². The van der Waals surface area contributed by atoms with Gasteiger partial charge >= 0.3 is 0 Å². The number of ether oxygens (including phenoxy) is 2. The van der Waals surface area contributed by atoms with Crippen LogP contribution in [0.25, 0.3) is 0 Å². The number of nitro benzene ring substituents is 1. The van der Waals surface area contributed by atoms with Crippen molar-refractivity contribution in [3.8, 4) is 11.5 Å². The van der Waals surface area contributed by atoms with E-state index in [1.54, 1.807) is 6.07 Å². The maximum Gasteiger partial charge on any atom is 0.271 e. The lowest BCUT2D eigenvalue weighted by Gasteiger charge is -2.21. The lowest BCUT2D eigenvalue weighted by atomic mass is 10.1. The first kappa shape index (κ1) is 15.4. The SMILES string of the molecule is C[C@H](Nc1ccc([N+](=O)[O-])cc1Cl)c1ccc2c(c1)OCCO2. The summed E-state index contributed by atoms with van der Waals surface area (Å²) in [6, 6.07) is 10.1. The van der Waals surface area contributed by atoms with Crippen LogP contribution in [0.5, 0.6) is 11.5 Å².